The SMILES string of the molecule is CCNS(=O)(=O)CCNc1cc(NC)nc(SC)n1. The Bertz CT molecular complexity index is 484. The highest BCUT2D eigenvalue weighted by Crippen LogP contribution is 2.16. The van der Waals surface area contributed by atoms with Gasteiger partial charge in [0.1, 0.15) is 11.6 Å². The third-order valence-corrected chi connectivity index (χ3v) is 4.20. The van der Waals surface area contributed by atoms with Crippen molar-refractivity contribution in [1.29, 1.82) is 0 Å². The summed E-state index contributed by atoms with van der Waals surface area (Å²) in [4.78, 5) is 8.48. The summed E-state index contributed by atoms with van der Waals surface area (Å²) in [5, 5.41) is 6.55. The molecule has 0 amide bonds. The molecule has 0 spiro atoms. The fourth-order valence-electron chi connectivity index (χ4n) is 1.34. The molecule has 1 heterocycles. The maximum Gasteiger partial charge on any atom is 0.213 e. The van der Waals surface area contributed by atoms with Gasteiger partial charge in [0.15, 0.2) is 5.16 Å². The van der Waals surface area contributed by atoms with Gasteiger partial charge in [0.05, 0.1) is 5.75 Å². The maximum absolute atomic E-state index is 11.5. The minimum atomic E-state index is -3.21. The molecule has 0 bridgehead atoms. The van der Waals surface area contributed by atoms with Crippen LogP contribution in [0.25, 0.3) is 0 Å². The summed E-state index contributed by atoms with van der Waals surface area (Å²) in [6, 6.07) is 1.74. The van der Waals surface area contributed by atoms with E-state index in [4.69, 9.17) is 0 Å². The topological polar surface area (TPSA) is 96.0 Å². The summed E-state index contributed by atoms with van der Waals surface area (Å²) in [7, 11) is -1.44. The van der Waals surface area contributed by atoms with Crippen LogP contribution in [0.2, 0.25) is 0 Å². The van der Waals surface area contributed by atoms with Crippen molar-refractivity contribution < 1.29 is 8.42 Å². The lowest BCUT2D eigenvalue weighted by atomic mass is 10.5. The Labute approximate surface area is 118 Å². The van der Waals surface area contributed by atoms with Crippen LogP contribution in [0.15, 0.2) is 11.2 Å². The second-order valence-electron chi connectivity index (χ2n) is 3.62. The van der Waals surface area contributed by atoms with Crippen molar-refractivity contribution in [1.82, 2.24) is 14.7 Å². The summed E-state index contributed by atoms with van der Waals surface area (Å²) in [6.07, 6.45) is 1.88. The van der Waals surface area contributed by atoms with Crippen LogP contribution in [0.4, 0.5) is 11.6 Å². The third-order valence-electron chi connectivity index (χ3n) is 2.19. The second-order valence-corrected chi connectivity index (χ2v) is 6.32. The Balaban J connectivity index is 2.62. The lowest BCUT2D eigenvalue weighted by molar-refractivity contribution is 0.584. The highest BCUT2D eigenvalue weighted by molar-refractivity contribution is 7.98. The normalized spacial score (nSPS) is 11.3. The zero-order valence-corrected chi connectivity index (χ0v) is 12.9. The quantitative estimate of drug-likeness (QED) is 0.478. The van der Waals surface area contributed by atoms with Crippen LogP contribution in [0.1, 0.15) is 6.92 Å². The summed E-state index contributed by atoms with van der Waals surface area (Å²) < 4.78 is 25.4. The molecule has 0 aromatic carbocycles. The van der Waals surface area contributed by atoms with E-state index >= 15 is 0 Å². The molecule has 1 rings (SSSR count). The van der Waals surface area contributed by atoms with Crippen LogP contribution in [0.5, 0.6) is 0 Å². The molecule has 0 radical (unpaired) electrons. The largest absolute Gasteiger partial charge is 0.373 e. The number of hydrogen-bond acceptors (Lipinski definition) is 7. The first kappa shape index (κ1) is 16.0. The monoisotopic (exact) mass is 305 g/mol. The third kappa shape index (κ3) is 5.62. The predicted molar refractivity (Wildman–Crippen MR) is 79.3 cm³/mol. The van der Waals surface area contributed by atoms with Crippen molar-refractivity contribution in [2.75, 3.05) is 42.8 Å². The van der Waals surface area contributed by atoms with Gasteiger partial charge in [-0.2, -0.15) is 0 Å². The number of nitrogens with one attached hydrogen (secondary N) is 3. The molecule has 108 valence electrons. The van der Waals surface area contributed by atoms with Gasteiger partial charge in [-0.15, -0.1) is 0 Å². The van der Waals surface area contributed by atoms with Gasteiger partial charge in [-0.1, -0.05) is 18.7 Å². The van der Waals surface area contributed by atoms with Crippen LogP contribution in [0.3, 0.4) is 0 Å². The van der Waals surface area contributed by atoms with Gasteiger partial charge >= 0.3 is 0 Å². The Hall–Kier alpha value is -1.06. The van der Waals surface area contributed by atoms with Crippen molar-refractivity contribution in [3.8, 4) is 0 Å². The fraction of sp³-hybridized carbons (Fsp3) is 0.600. The number of thioether (sulfide) groups is 1. The Morgan fingerprint density at radius 1 is 1.32 bits per heavy atom. The van der Waals surface area contributed by atoms with Crippen molar-refractivity contribution in [2.24, 2.45) is 0 Å². The highest BCUT2D eigenvalue weighted by atomic mass is 32.2. The molecule has 0 saturated carbocycles. The molecule has 1 aromatic heterocycles. The van der Waals surface area contributed by atoms with E-state index < -0.39 is 10.0 Å². The standard InChI is InChI=1S/C10H19N5O2S2/c1-4-13-19(16,17)6-5-12-9-7-8(11-2)14-10(15-9)18-3/h7,13H,4-6H2,1-3H3,(H2,11,12,14,15). The second kappa shape index (κ2) is 7.51. The van der Waals surface area contributed by atoms with E-state index in [0.717, 1.165) is 0 Å². The average molecular weight is 305 g/mol. The van der Waals surface area contributed by atoms with Crippen LogP contribution in [-0.4, -0.2) is 50.5 Å². The van der Waals surface area contributed by atoms with E-state index in [2.05, 4.69) is 25.3 Å². The maximum atomic E-state index is 11.5. The molecular formula is C10H19N5O2S2. The lowest BCUT2D eigenvalue weighted by Crippen LogP contribution is -2.29. The fourth-order valence-corrected chi connectivity index (χ4v) is 2.67. The van der Waals surface area contributed by atoms with Crippen LogP contribution < -0.4 is 15.4 Å². The van der Waals surface area contributed by atoms with Crippen LogP contribution in [-0.2, 0) is 10.0 Å². The van der Waals surface area contributed by atoms with Crippen LogP contribution >= 0.6 is 11.8 Å². The molecule has 0 unspecified atom stereocenters. The molecule has 0 aliphatic rings. The van der Waals surface area contributed by atoms with Gasteiger partial charge in [0.25, 0.3) is 0 Å². The lowest BCUT2D eigenvalue weighted by Gasteiger charge is -2.09. The number of hydrogen-bond donors (Lipinski definition) is 3. The van der Waals surface area contributed by atoms with Gasteiger partial charge in [-0.25, -0.2) is 23.1 Å². The number of nitrogens with zero attached hydrogens (tertiary/aromatic N) is 2. The van der Waals surface area contributed by atoms with Crippen molar-refractivity contribution in [2.45, 2.75) is 12.1 Å². The Morgan fingerprint density at radius 2 is 2.00 bits per heavy atom. The predicted octanol–water partition coefficient (Wildman–Crippen LogP) is 0.591. The summed E-state index contributed by atoms with van der Waals surface area (Å²) in [5.41, 5.74) is 0. The first-order valence-corrected chi connectivity index (χ1v) is 8.70. The van der Waals surface area contributed by atoms with Gasteiger partial charge < -0.3 is 10.6 Å². The first-order valence-electron chi connectivity index (χ1n) is 5.82. The van der Waals surface area contributed by atoms with E-state index in [1.165, 1.54) is 11.8 Å². The number of rotatable bonds is 8. The van der Waals surface area contributed by atoms with E-state index in [1.807, 2.05) is 6.26 Å². The van der Waals surface area contributed by atoms with Crippen LogP contribution in [0, 0.1) is 0 Å². The molecule has 0 aliphatic carbocycles. The zero-order chi connectivity index (χ0) is 14.3. The Kier molecular flexibility index (Phi) is 6.32. The van der Waals surface area contributed by atoms with Gasteiger partial charge in [-0.05, 0) is 6.26 Å². The first-order chi connectivity index (χ1) is 9.00. The molecular weight excluding hydrogens is 286 g/mol. The minimum Gasteiger partial charge on any atom is -0.373 e. The summed E-state index contributed by atoms with van der Waals surface area (Å²) in [5.74, 6) is 1.31. The molecule has 7 nitrogen and oxygen atoms in total. The molecule has 0 fully saturated rings. The number of anilines is 2. The summed E-state index contributed by atoms with van der Waals surface area (Å²) >= 11 is 1.43. The van der Waals surface area contributed by atoms with Gasteiger partial charge in [0.2, 0.25) is 10.0 Å². The van der Waals surface area contributed by atoms with E-state index in [1.54, 1.807) is 20.0 Å². The minimum absolute atomic E-state index is 0.00826. The van der Waals surface area contributed by atoms with E-state index in [9.17, 15) is 8.42 Å². The molecule has 0 atom stereocenters. The van der Waals surface area contributed by atoms with Gasteiger partial charge in [0, 0.05) is 26.2 Å². The smallest absolute Gasteiger partial charge is 0.213 e. The molecule has 19 heavy (non-hydrogen) atoms. The molecule has 3 N–H and O–H groups in total. The number of aromatic nitrogens is 2. The van der Waals surface area contributed by atoms with Crippen molar-refractivity contribution in [3.63, 3.8) is 0 Å². The molecule has 1 aromatic rings. The zero-order valence-electron chi connectivity index (χ0n) is 11.2. The Morgan fingerprint density at radius 3 is 2.58 bits per heavy atom. The molecule has 9 heteroatoms. The average Bonchev–Trinajstić information content (AvgIpc) is 2.37. The van der Waals surface area contributed by atoms with Crippen molar-refractivity contribution >= 4 is 33.4 Å². The number of sulfonamides is 1. The molecule has 0 saturated heterocycles. The highest BCUT2D eigenvalue weighted by Gasteiger charge is 2.08. The summed E-state index contributed by atoms with van der Waals surface area (Å²) in [6.45, 7) is 2.44. The van der Waals surface area contributed by atoms with E-state index in [-0.39, 0.29) is 5.75 Å². The van der Waals surface area contributed by atoms with E-state index in [0.29, 0.717) is 29.9 Å². The molecule has 0 aliphatic heterocycles. The van der Waals surface area contributed by atoms with Gasteiger partial charge in [-0.3, -0.25) is 0 Å². The van der Waals surface area contributed by atoms with Crippen molar-refractivity contribution in [3.05, 3.63) is 6.07 Å².